The van der Waals surface area contributed by atoms with Crippen LogP contribution < -0.4 is 10.5 Å². The average molecular weight is 506 g/mol. The Bertz CT molecular complexity index is 1220. The van der Waals surface area contributed by atoms with Gasteiger partial charge in [0.2, 0.25) is 0 Å². The molecule has 0 spiro atoms. The molecule has 8 nitrogen and oxygen atoms in total. The summed E-state index contributed by atoms with van der Waals surface area (Å²) in [5.41, 5.74) is 6.50. The fourth-order valence-electron chi connectivity index (χ4n) is 4.81. The molecule has 1 saturated heterocycles. The van der Waals surface area contributed by atoms with E-state index in [4.69, 9.17) is 10.5 Å². The fourth-order valence-corrected chi connectivity index (χ4v) is 4.81. The Morgan fingerprint density at radius 2 is 1.92 bits per heavy atom. The Morgan fingerprint density at radius 1 is 1.19 bits per heavy atom. The molecule has 2 aliphatic heterocycles. The summed E-state index contributed by atoms with van der Waals surface area (Å²) < 4.78 is 19.9. The number of primary amides is 1. The number of likely N-dealkylation sites (tertiary alicyclic amines) is 1. The summed E-state index contributed by atoms with van der Waals surface area (Å²) in [5, 5.41) is 9.70. The summed E-state index contributed by atoms with van der Waals surface area (Å²) in [6.45, 7) is 6.23. The van der Waals surface area contributed by atoms with Crippen LogP contribution in [-0.2, 0) is 4.79 Å². The van der Waals surface area contributed by atoms with Gasteiger partial charge in [0.1, 0.15) is 28.9 Å². The molecule has 2 aliphatic rings. The number of pyridine rings is 1. The van der Waals surface area contributed by atoms with Crippen molar-refractivity contribution in [1.82, 2.24) is 14.8 Å². The summed E-state index contributed by atoms with van der Waals surface area (Å²) in [6, 6.07) is 10.9. The molecule has 2 N–H and O–H groups in total. The zero-order chi connectivity index (χ0) is 26.6. The predicted octanol–water partition coefficient (Wildman–Crippen LogP) is 3.67. The number of nitrogens with zero attached hydrogens (tertiary/aromatic N) is 4. The number of nitrogens with two attached hydrogens (primary N) is 1. The Balaban J connectivity index is 1.37. The second-order valence-corrected chi connectivity index (χ2v) is 10.2. The number of piperidine rings is 1. The van der Waals surface area contributed by atoms with Gasteiger partial charge >= 0.3 is 0 Å². The van der Waals surface area contributed by atoms with Crippen molar-refractivity contribution in [2.24, 2.45) is 11.7 Å². The monoisotopic (exact) mass is 505 g/mol. The average Bonchev–Trinajstić information content (AvgIpc) is 3.37. The van der Waals surface area contributed by atoms with Gasteiger partial charge < -0.3 is 20.3 Å². The number of ether oxygens (including phenoxy) is 1. The third-order valence-corrected chi connectivity index (χ3v) is 6.68. The minimum atomic E-state index is -1.20. The SMILES string of the molecule is CC(C)(F)CN1CCC(COc2ccc(-c3ccc(C(=O)N4CCC=C4C(N)=O)nc3)cc2C#N)CC1. The molecule has 0 bridgehead atoms. The fraction of sp³-hybridized carbons (Fsp3) is 0.429. The van der Waals surface area contributed by atoms with Crippen molar-refractivity contribution >= 4 is 11.8 Å². The molecule has 3 heterocycles. The van der Waals surface area contributed by atoms with Gasteiger partial charge in [-0.1, -0.05) is 18.2 Å². The molecule has 1 aromatic carbocycles. The first-order valence-corrected chi connectivity index (χ1v) is 12.5. The van der Waals surface area contributed by atoms with Gasteiger partial charge in [-0.05, 0) is 75.9 Å². The molecule has 2 aromatic rings. The Hall–Kier alpha value is -3.77. The topological polar surface area (TPSA) is 113 Å². The lowest BCUT2D eigenvalue weighted by Crippen LogP contribution is -2.41. The van der Waals surface area contributed by atoms with Crippen LogP contribution >= 0.6 is 0 Å². The molecular weight excluding hydrogens is 473 g/mol. The van der Waals surface area contributed by atoms with Gasteiger partial charge in [-0.25, -0.2) is 4.39 Å². The molecule has 194 valence electrons. The number of carbonyl (C=O) groups is 2. The van der Waals surface area contributed by atoms with Gasteiger partial charge in [0.05, 0.1) is 12.2 Å². The largest absolute Gasteiger partial charge is 0.492 e. The number of hydrogen-bond acceptors (Lipinski definition) is 6. The second kappa shape index (κ2) is 11.1. The third kappa shape index (κ3) is 6.52. The molecular formula is C28H32FN5O3. The normalized spacial score (nSPS) is 16.8. The minimum absolute atomic E-state index is 0.194. The molecule has 0 aliphatic carbocycles. The van der Waals surface area contributed by atoms with E-state index >= 15 is 0 Å². The number of amides is 2. The number of rotatable bonds is 8. The van der Waals surface area contributed by atoms with Crippen LogP contribution in [-0.4, -0.2) is 65.1 Å². The number of benzene rings is 1. The summed E-state index contributed by atoms with van der Waals surface area (Å²) in [5.74, 6) is -0.131. The van der Waals surface area contributed by atoms with E-state index in [1.165, 1.54) is 4.90 Å². The maximum atomic E-state index is 13.9. The van der Waals surface area contributed by atoms with E-state index in [0.29, 0.717) is 43.3 Å². The molecule has 0 unspecified atom stereocenters. The maximum Gasteiger partial charge on any atom is 0.277 e. The van der Waals surface area contributed by atoms with E-state index in [2.05, 4.69) is 16.0 Å². The van der Waals surface area contributed by atoms with Gasteiger partial charge in [0.25, 0.3) is 11.8 Å². The van der Waals surface area contributed by atoms with Crippen molar-refractivity contribution in [3.05, 3.63) is 59.6 Å². The van der Waals surface area contributed by atoms with Crippen molar-refractivity contribution in [1.29, 1.82) is 5.26 Å². The van der Waals surface area contributed by atoms with E-state index in [1.807, 2.05) is 6.07 Å². The molecule has 1 aromatic heterocycles. The van der Waals surface area contributed by atoms with Crippen molar-refractivity contribution in [3.8, 4) is 22.9 Å². The van der Waals surface area contributed by atoms with Crippen LogP contribution in [0.25, 0.3) is 11.1 Å². The van der Waals surface area contributed by atoms with Crippen LogP contribution in [0.5, 0.6) is 5.75 Å². The molecule has 1 fully saturated rings. The summed E-state index contributed by atoms with van der Waals surface area (Å²) in [7, 11) is 0. The highest BCUT2D eigenvalue weighted by molar-refractivity contribution is 6.02. The first-order valence-electron chi connectivity index (χ1n) is 12.5. The van der Waals surface area contributed by atoms with Crippen molar-refractivity contribution < 1.29 is 18.7 Å². The van der Waals surface area contributed by atoms with Gasteiger partial charge in [-0.3, -0.25) is 14.6 Å². The lowest BCUT2D eigenvalue weighted by atomic mass is 9.96. The van der Waals surface area contributed by atoms with Crippen LogP contribution in [0.4, 0.5) is 4.39 Å². The standard InChI is InChI=1S/C28H32FN5O3/c1-28(2,29)18-33-12-9-19(10-13-33)17-37-25-8-6-20(14-22(25)15-30)21-5-7-23(32-16-21)27(36)34-11-3-4-24(34)26(31)35/h4-8,14,16,19H,3,9-13,17-18H2,1-2H3,(H2,31,35). The second-order valence-electron chi connectivity index (χ2n) is 10.2. The van der Waals surface area contributed by atoms with Crippen molar-refractivity contribution in [2.75, 3.05) is 32.8 Å². The number of alkyl halides is 1. The smallest absolute Gasteiger partial charge is 0.277 e. The number of carbonyl (C=O) groups excluding carboxylic acids is 2. The van der Waals surface area contributed by atoms with Crippen molar-refractivity contribution in [2.45, 2.75) is 38.8 Å². The number of aromatic nitrogens is 1. The Labute approximate surface area is 216 Å². The first kappa shape index (κ1) is 26.3. The van der Waals surface area contributed by atoms with Crippen molar-refractivity contribution in [3.63, 3.8) is 0 Å². The summed E-state index contributed by atoms with van der Waals surface area (Å²) in [6.07, 6.45) is 5.66. The van der Waals surface area contributed by atoms with Gasteiger partial charge in [-0.15, -0.1) is 0 Å². The number of halogens is 1. The predicted molar refractivity (Wildman–Crippen MR) is 137 cm³/mol. The lowest BCUT2D eigenvalue weighted by Gasteiger charge is -2.34. The van der Waals surface area contributed by atoms with E-state index in [9.17, 15) is 19.2 Å². The zero-order valence-electron chi connectivity index (χ0n) is 21.2. The third-order valence-electron chi connectivity index (χ3n) is 6.68. The minimum Gasteiger partial charge on any atom is -0.492 e. The highest BCUT2D eigenvalue weighted by atomic mass is 19.1. The highest BCUT2D eigenvalue weighted by Gasteiger charge is 2.28. The molecule has 2 amide bonds. The van der Waals surface area contributed by atoms with Crippen LogP contribution in [0.3, 0.4) is 0 Å². The number of hydrogen-bond donors (Lipinski definition) is 1. The van der Waals surface area contributed by atoms with Crippen LogP contribution in [0.15, 0.2) is 48.3 Å². The van der Waals surface area contributed by atoms with Gasteiger partial charge in [0.15, 0.2) is 0 Å². The van der Waals surface area contributed by atoms with Gasteiger partial charge in [-0.2, -0.15) is 5.26 Å². The van der Waals surface area contributed by atoms with Crippen LogP contribution in [0, 0.1) is 17.2 Å². The van der Waals surface area contributed by atoms with E-state index in [1.54, 1.807) is 50.4 Å². The quantitative estimate of drug-likeness (QED) is 0.586. The van der Waals surface area contributed by atoms with E-state index < -0.39 is 11.6 Å². The summed E-state index contributed by atoms with van der Waals surface area (Å²) >= 11 is 0. The first-order chi connectivity index (χ1) is 17.6. The molecule has 4 rings (SSSR count). The van der Waals surface area contributed by atoms with Crippen LogP contribution in [0.1, 0.15) is 49.2 Å². The Kier molecular flexibility index (Phi) is 7.89. The van der Waals surface area contributed by atoms with Gasteiger partial charge in [0, 0.05) is 24.8 Å². The lowest BCUT2D eigenvalue weighted by molar-refractivity contribution is -0.115. The van der Waals surface area contributed by atoms with E-state index in [-0.39, 0.29) is 17.3 Å². The van der Waals surface area contributed by atoms with E-state index in [0.717, 1.165) is 37.1 Å². The molecule has 0 atom stereocenters. The molecule has 9 heteroatoms. The molecule has 37 heavy (non-hydrogen) atoms. The van der Waals surface area contributed by atoms with Crippen LogP contribution in [0.2, 0.25) is 0 Å². The number of nitriles is 1. The highest BCUT2D eigenvalue weighted by Crippen LogP contribution is 2.28. The Morgan fingerprint density at radius 3 is 2.54 bits per heavy atom. The zero-order valence-corrected chi connectivity index (χ0v) is 21.2. The molecule has 0 saturated carbocycles. The summed E-state index contributed by atoms with van der Waals surface area (Å²) in [4.78, 5) is 32.1. The molecule has 0 radical (unpaired) electrons. The maximum absolute atomic E-state index is 13.9.